The summed E-state index contributed by atoms with van der Waals surface area (Å²) in [6.45, 7) is 0.572. The number of hydrogen-bond donors (Lipinski definition) is 1. The van der Waals surface area contributed by atoms with Crippen LogP contribution in [-0.2, 0) is 9.53 Å². The monoisotopic (exact) mass is 282 g/mol. The molecule has 1 aromatic rings. The third-order valence-corrected chi connectivity index (χ3v) is 3.69. The van der Waals surface area contributed by atoms with Crippen LogP contribution in [0.4, 0.5) is 10.5 Å². The van der Waals surface area contributed by atoms with E-state index in [0.29, 0.717) is 18.0 Å². The minimum absolute atomic E-state index is 0.131. The number of nitrogen functional groups attached to an aromatic ring is 1. The van der Waals surface area contributed by atoms with E-state index < -0.39 is 6.09 Å². The van der Waals surface area contributed by atoms with E-state index in [2.05, 4.69) is 0 Å². The number of methoxy groups -OCH3 is 1. The van der Waals surface area contributed by atoms with E-state index in [-0.39, 0.29) is 18.3 Å². The molecule has 0 aliphatic carbocycles. The van der Waals surface area contributed by atoms with Crippen LogP contribution in [-0.4, -0.2) is 42.9 Å². The van der Waals surface area contributed by atoms with Crippen molar-refractivity contribution in [3.8, 4) is 5.75 Å². The van der Waals surface area contributed by atoms with Gasteiger partial charge in [-0.2, -0.15) is 0 Å². The zero-order valence-electron chi connectivity index (χ0n) is 10.4. The lowest BCUT2D eigenvalue weighted by atomic mass is 10.3. The lowest BCUT2D eigenvalue weighted by molar-refractivity contribution is -0.124. The Kier molecular flexibility index (Phi) is 4.16. The number of anilines is 1. The highest BCUT2D eigenvalue weighted by atomic mass is 32.2. The summed E-state index contributed by atoms with van der Waals surface area (Å²) in [6.07, 6.45) is -0.579. The number of benzene rings is 1. The zero-order chi connectivity index (χ0) is 13.8. The van der Waals surface area contributed by atoms with Gasteiger partial charge >= 0.3 is 6.09 Å². The third-order valence-electron chi connectivity index (χ3n) is 2.63. The van der Waals surface area contributed by atoms with Gasteiger partial charge in [-0.3, -0.25) is 4.79 Å². The predicted octanol–water partition coefficient (Wildman–Crippen LogP) is 1.35. The first-order valence-corrected chi connectivity index (χ1v) is 6.64. The molecule has 1 heterocycles. The number of imide groups is 1. The Labute approximate surface area is 114 Å². The first kappa shape index (κ1) is 13.5. The second-order valence-corrected chi connectivity index (χ2v) is 4.87. The summed E-state index contributed by atoms with van der Waals surface area (Å²) in [4.78, 5) is 24.9. The van der Waals surface area contributed by atoms with Crippen LogP contribution in [0, 0.1) is 0 Å². The molecule has 102 valence electrons. The van der Waals surface area contributed by atoms with Crippen molar-refractivity contribution in [2.24, 2.45) is 0 Å². The average molecular weight is 282 g/mol. The van der Waals surface area contributed by atoms with Crippen molar-refractivity contribution in [3.63, 3.8) is 0 Å². The van der Waals surface area contributed by atoms with Gasteiger partial charge in [0.1, 0.15) is 12.4 Å². The van der Waals surface area contributed by atoms with Crippen LogP contribution >= 0.6 is 11.8 Å². The van der Waals surface area contributed by atoms with E-state index in [1.807, 2.05) is 0 Å². The van der Waals surface area contributed by atoms with Gasteiger partial charge in [0.05, 0.1) is 19.4 Å². The van der Waals surface area contributed by atoms with Crippen LogP contribution in [0.25, 0.3) is 0 Å². The Balaban J connectivity index is 1.98. The van der Waals surface area contributed by atoms with Crippen molar-refractivity contribution in [3.05, 3.63) is 18.2 Å². The maximum absolute atomic E-state index is 11.8. The molecule has 2 amide bonds. The molecule has 1 aromatic carbocycles. The maximum Gasteiger partial charge on any atom is 0.416 e. The molecule has 2 N–H and O–H groups in total. The number of nitrogens with two attached hydrogens (primary N) is 1. The molecular weight excluding hydrogens is 268 g/mol. The Morgan fingerprint density at radius 1 is 1.58 bits per heavy atom. The fourth-order valence-corrected chi connectivity index (χ4v) is 2.47. The molecule has 0 unspecified atom stereocenters. The van der Waals surface area contributed by atoms with E-state index in [1.165, 1.54) is 11.8 Å². The van der Waals surface area contributed by atoms with Crippen LogP contribution in [0.5, 0.6) is 5.75 Å². The number of nitrogens with zero attached hydrogens (tertiary/aromatic N) is 1. The molecule has 0 spiro atoms. The first-order valence-electron chi connectivity index (χ1n) is 5.65. The third kappa shape index (κ3) is 3.11. The van der Waals surface area contributed by atoms with Crippen LogP contribution in [0.1, 0.15) is 0 Å². The summed E-state index contributed by atoms with van der Waals surface area (Å²) >= 11 is 1.27. The maximum atomic E-state index is 11.8. The zero-order valence-corrected chi connectivity index (χ0v) is 11.2. The normalized spacial score (nSPS) is 14.4. The van der Waals surface area contributed by atoms with Gasteiger partial charge in [-0.1, -0.05) is 0 Å². The molecule has 1 aliphatic heterocycles. The molecule has 7 heteroatoms. The minimum Gasteiger partial charge on any atom is -0.497 e. The van der Waals surface area contributed by atoms with Crippen LogP contribution < -0.4 is 10.5 Å². The van der Waals surface area contributed by atoms with Crippen molar-refractivity contribution < 1.29 is 19.1 Å². The number of ether oxygens (including phenoxy) is 2. The second kappa shape index (κ2) is 5.83. The van der Waals surface area contributed by atoms with Gasteiger partial charge in [0, 0.05) is 10.6 Å². The highest BCUT2D eigenvalue weighted by Gasteiger charge is 2.28. The van der Waals surface area contributed by atoms with Gasteiger partial charge in [-0.15, -0.1) is 11.8 Å². The summed E-state index contributed by atoms with van der Waals surface area (Å²) in [7, 11) is 1.56. The summed E-state index contributed by atoms with van der Waals surface area (Å²) in [5.41, 5.74) is 6.39. The van der Waals surface area contributed by atoms with Gasteiger partial charge in [0.2, 0.25) is 5.91 Å². The van der Waals surface area contributed by atoms with E-state index in [4.69, 9.17) is 15.2 Å². The first-order chi connectivity index (χ1) is 9.11. The molecule has 1 fully saturated rings. The summed E-state index contributed by atoms with van der Waals surface area (Å²) in [5, 5.41) is 0. The minimum atomic E-state index is -0.579. The summed E-state index contributed by atoms with van der Waals surface area (Å²) in [5.74, 6) is 0.520. The molecule has 0 bridgehead atoms. The molecule has 0 atom stereocenters. The van der Waals surface area contributed by atoms with E-state index >= 15 is 0 Å². The lowest BCUT2D eigenvalue weighted by Gasteiger charge is -2.11. The smallest absolute Gasteiger partial charge is 0.416 e. The highest BCUT2D eigenvalue weighted by Crippen LogP contribution is 2.29. The number of carbonyl (C=O) groups excluding carboxylic acids is 2. The van der Waals surface area contributed by atoms with Gasteiger partial charge < -0.3 is 15.2 Å². The molecule has 0 aromatic heterocycles. The van der Waals surface area contributed by atoms with E-state index in [9.17, 15) is 9.59 Å². The Bertz CT molecular complexity index is 507. The molecule has 1 aliphatic rings. The van der Waals surface area contributed by atoms with Crippen molar-refractivity contribution in [2.75, 3.05) is 31.7 Å². The number of hydrogen-bond acceptors (Lipinski definition) is 6. The van der Waals surface area contributed by atoms with Gasteiger partial charge in [0.25, 0.3) is 0 Å². The van der Waals surface area contributed by atoms with Crippen LogP contribution in [0.15, 0.2) is 23.1 Å². The standard InChI is InChI=1S/C12H14N2O4S/c1-17-8-2-3-9(13)10(6-8)19-7-11(15)14-4-5-18-12(14)16/h2-3,6H,4-5,7,13H2,1H3. The molecule has 6 nitrogen and oxygen atoms in total. The lowest BCUT2D eigenvalue weighted by Crippen LogP contribution is -2.32. The van der Waals surface area contributed by atoms with Crippen LogP contribution in [0.3, 0.4) is 0 Å². The second-order valence-electron chi connectivity index (χ2n) is 3.85. The number of carbonyl (C=O) groups is 2. The SMILES string of the molecule is COc1ccc(N)c(SCC(=O)N2CCOC2=O)c1. The number of thioether (sulfide) groups is 1. The molecule has 0 saturated carbocycles. The molecular formula is C12H14N2O4S. The Morgan fingerprint density at radius 2 is 2.37 bits per heavy atom. The number of amides is 2. The molecule has 1 saturated heterocycles. The predicted molar refractivity (Wildman–Crippen MR) is 71.2 cm³/mol. The molecule has 2 rings (SSSR count). The number of cyclic esters (lactones) is 1. The fourth-order valence-electron chi connectivity index (χ4n) is 1.60. The van der Waals surface area contributed by atoms with Gasteiger partial charge in [-0.25, -0.2) is 9.69 Å². The van der Waals surface area contributed by atoms with Crippen molar-refractivity contribution in [1.29, 1.82) is 0 Å². The molecule has 19 heavy (non-hydrogen) atoms. The summed E-state index contributed by atoms with van der Waals surface area (Å²) in [6, 6.07) is 5.23. The topological polar surface area (TPSA) is 81.9 Å². The Hall–Kier alpha value is -1.89. The fraction of sp³-hybridized carbons (Fsp3) is 0.333. The quantitative estimate of drug-likeness (QED) is 0.663. The van der Waals surface area contributed by atoms with Crippen molar-refractivity contribution in [1.82, 2.24) is 4.90 Å². The number of rotatable bonds is 4. The largest absolute Gasteiger partial charge is 0.497 e. The summed E-state index contributed by atoms with van der Waals surface area (Å²) < 4.78 is 9.81. The van der Waals surface area contributed by atoms with Crippen molar-refractivity contribution >= 4 is 29.4 Å². The van der Waals surface area contributed by atoms with Gasteiger partial charge in [-0.05, 0) is 18.2 Å². The average Bonchev–Trinajstić information content (AvgIpc) is 2.84. The van der Waals surface area contributed by atoms with Crippen molar-refractivity contribution in [2.45, 2.75) is 4.90 Å². The van der Waals surface area contributed by atoms with E-state index in [1.54, 1.807) is 25.3 Å². The van der Waals surface area contributed by atoms with E-state index in [0.717, 1.165) is 9.80 Å². The van der Waals surface area contributed by atoms with Crippen LogP contribution in [0.2, 0.25) is 0 Å². The van der Waals surface area contributed by atoms with Gasteiger partial charge in [0.15, 0.2) is 0 Å². The molecule has 0 radical (unpaired) electrons. The Morgan fingerprint density at radius 3 is 3.00 bits per heavy atom. The highest BCUT2D eigenvalue weighted by molar-refractivity contribution is 8.00.